The highest BCUT2D eigenvalue weighted by Crippen LogP contribution is 2.22. The van der Waals surface area contributed by atoms with Gasteiger partial charge < -0.3 is 15.4 Å². The van der Waals surface area contributed by atoms with E-state index >= 15 is 0 Å². The molecule has 20 heavy (non-hydrogen) atoms. The fourth-order valence-electron chi connectivity index (χ4n) is 2.39. The first-order chi connectivity index (χ1) is 9.47. The molecular weight excluding hydrogens is 327 g/mol. The first-order valence-electron chi connectivity index (χ1n) is 6.60. The summed E-state index contributed by atoms with van der Waals surface area (Å²) in [5.41, 5.74) is 5.86. The van der Waals surface area contributed by atoms with Crippen LogP contribution in [-0.4, -0.2) is 36.0 Å². The fourth-order valence-corrected chi connectivity index (χ4v) is 2.73. The molecule has 0 spiro atoms. The normalized spacial score (nSPS) is 22.7. The standard InChI is InChI=1S/C14H18BrFN2O2/c1-9-6-11(17)4-5-18(9)14(19)8-20-13-3-2-10(15)7-12(13)16/h2-3,7,9,11H,4-6,8,17H2,1H3/t9-,11+/m1/s1. The number of amides is 1. The van der Waals surface area contributed by atoms with Crippen LogP contribution in [0.2, 0.25) is 0 Å². The maximum atomic E-state index is 13.6. The second-order valence-corrected chi connectivity index (χ2v) is 6.00. The highest BCUT2D eigenvalue weighted by Gasteiger charge is 2.27. The molecule has 2 rings (SSSR count). The summed E-state index contributed by atoms with van der Waals surface area (Å²) in [7, 11) is 0. The summed E-state index contributed by atoms with van der Waals surface area (Å²) in [4.78, 5) is 13.8. The van der Waals surface area contributed by atoms with Gasteiger partial charge in [0.1, 0.15) is 0 Å². The summed E-state index contributed by atoms with van der Waals surface area (Å²) in [6.07, 6.45) is 1.58. The average molecular weight is 345 g/mol. The Morgan fingerprint density at radius 3 is 3.00 bits per heavy atom. The van der Waals surface area contributed by atoms with Gasteiger partial charge >= 0.3 is 0 Å². The molecule has 1 amide bonds. The van der Waals surface area contributed by atoms with Gasteiger partial charge in [0.15, 0.2) is 18.2 Å². The van der Waals surface area contributed by atoms with Crippen molar-refractivity contribution in [3.8, 4) is 5.75 Å². The summed E-state index contributed by atoms with van der Waals surface area (Å²) < 4.78 is 19.5. The van der Waals surface area contributed by atoms with Gasteiger partial charge in [-0.1, -0.05) is 15.9 Å². The molecule has 110 valence electrons. The van der Waals surface area contributed by atoms with Gasteiger partial charge in [0, 0.05) is 23.1 Å². The Morgan fingerprint density at radius 1 is 1.60 bits per heavy atom. The molecule has 4 nitrogen and oxygen atoms in total. The zero-order valence-electron chi connectivity index (χ0n) is 11.3. The molecule has 0 saturated carbocycles. The van der Waals surface area contributed by atoms with Crippen LogP contribution in [-0.2, 0) is 4.79 Å². The molecule has 1 heterocycles. The van der Waals surface area contributed by atoms with Gasteiger partial charge in [-0.2, -0.15) is 0 Å². The number of rotatable bonds is 3. The number of hydrogen-bond acceptors (Lipinski definition) is 3. The van der Waals surface area contributed by atoms with E-state index in [1.807, 2.05) is 6.92 Å². The van der Waals surface area contributed by atoms with Gasteiger partial charge in [-0.3, -0.25) is 4.79 Å². The third kappa shape index (κ3) is 3.70. The van der Waals surface area contributed by atoms with Crippen LogP contribution in [0.15, 0.2) is 22.7 Å². The van der Waals surface area contributed by atoms with Gasteiger partial charge in [0.25, 0.3) is 5.91 Å². The first kappa shape index (κ1) is 15.3. The Balaban J connectivity index is 1.92. The van der Waals surface area contributed by atoms with Crippen molar-refractivity contribution in [2.45, 2.75) is 31.8 Å². The van der Waals surface area contributed by atoms with E-state index in [1.165, 1.54) is 12.1 Å². The third-order valence-electron chi connectivity index (χ3n) is 3.48. The minimum atomic E-state index is -0.485. The molecule has 1 aromatic carbocycles. The van der Waals surface area contributed by atoms with Crippen molar-refractivity contribution in [1.82, 2.24) is 4.90 Å². The van der Waals surface area contributed by atoms with Crippen LogP contribution >= 0.6 is 15.9 Å². The van der Waals surface area contributed by atoms with Crippen LogP contribution in [0.5, 0.6) is 5.75 Å². The minimum absolute atomic E-state index is 0.0860. The number of carbonyl (C=O) groups excluding carboxylic acids is 1. The number of benzene rings is 1. The van der Waals surface area contributed by atoms with Crippen molar-refractivity contribution in [2.24, 2.45) is 5.73 Å². The largest absolute Gasteiger partial charge is 0.481 e. The van der Waals surface area contributed by atoms with Crippen LogP contribution in [0, 0.1) is 5.82 Å². The summed E-state index contributed by atoms with van der Waals surface area (Å²) in [5, 5.41) is 0. The molecule has 1 aromatic rings. The van der Waals surface area contributed by atoms with Gasteiger partial charge in [0.05, 0.1) is 0 Å². The summed E-state index contributed by atoms with van der Waals surface area (Å²) in [6.45, 7) is 2.45. The third-order valence-corrected chi connectivity index (χ3v) is 3.98. The van der Waals surface area contributed by atoms with Crippen LogP contribution in [0.3, 0.4) is 0 Å². The number of ether oxygens (including phenoxy) is 1. The van der Waals surface area contributed by atoms with Crippen LogP contribution in [0.25, 0.3) is 0 Å². The van der Waals surface area contributed by atoms with Crippen molar-refractivity contribution >= 4 is 21.8 Å². The second-order valence-electron chi connectivity index (χ2n) is 5.08. The second kappa shape index (κ2) is 6.54. The SMILES string of the molecule is C[C@@H]1C[C@@H](N)CCN1C(=O)COc1ccc(Br)cc1F. The average Bonchev–Trinajstić information content (AvgIpc) is 2.37. The number of nitrogens with two attached hydrogens (primary N) is 1. The van der Waals surface area contributed by atoms with Crippen LogP contribution < -0.4 is 10.5 Å². The molecule has 0 aromatic heterocycles. The Morgan fingerprint density at radius 2 is 2.35 bits per heavy atom. The number of nitrogens with zero attached hydrogens (tertiary/aromatic N) is 1. The first-order valence-corrected chi connectivity index (χ1v) is 7.39. The van der Waals surface area contributed by atoms with Gasteiger partial charge in [-0.05, 0) is 38.0 Å². The van der Waals surface area contributed by atoms with Gasteiger partial charge in [-0.25, -0.2) is 4.39 Å². The number of hydrogen-bond donors (Lipinski definition) is 1. The molecule has 2 atom stereocenters. The highest BCUT2D eigenvalue weighted by molar-refractivity contribution is 9.10. The van der Waals surface area contributed by atoms with Gasteiger partial charge in [-0.15, -0.1) is 0 Å². The fraction of sp³-hybridized carbons (Fsp3) is 0.500. The quantitative estimate of drug-likeness (QED) is 0.915. The Kier molecular flexibility index (Phi) is 4.99. The van der Waals surface area contributed by atoms with E-state index in [0.717, 1.165) is 12.8 Å². The maximum absolute atomic E-state index is 13.6. The number of likely N-dealkylation sites (tertiary alicyclic amines) is 1. The topological polar surface area (TPSA) is 55.6 Å². The van der Waals surface area contributed by atoms with E-state index in [9.17, 15) is 9.18 Å². The van der Waals surface area contributed by atoms with Crippen molar-refractivity contribution in [3.63, 3.8) is 0 Å². The summed E-state index contributed by atoms with van der Waals surface area (Å²) >= 11 is 3.17. The molecule has 1 saturated heterocycles. The lowest BCUT2D eigenvalue weighted by Crippen LogP contribution is -2.49. The molecule has 1 fully saturated rings. The van der Waals surface area contributed by atoms with Crippen molar-refractivity contribution in [2.75, 3.05) is 13.2 Å². The number of carbonyl (C=O) groups is 1. The Hall–Kier alpha value is -1.14. The maximum Gasteiger partial charge on any atom is 0.260 e. The van der Waals surface area contributed by atoms with E-state index in [-0.39, 0.29) is 30.3 Å². The summed E-state index contributed by atoms with van der Waals surface area (Å²) in [6, 6.07) is 4.74. The van der Waals surface area contributed by atoms with Crippen LogP contribution in [0.4, 0.5) is 4.39 Å². The Labute approximate surface area is 126 Å². The molecule has 1 aliphatic heterocycles. The van der Waals surface area contributed by atoms with E-state index < -0.39 is 5.82 Å². The number of halogens is 2. The highest BCUT2D eigenvalue weighted by atomic mass is 79.9. The predicted molar refractivity (Wildman–Crippen MR) is 78.0 cm³/mol. The number of piperidine rings is 1. The van der Waals surface area contributed by atoms with Crippen molar-refractivity contribution in [1.29, 1.82) is 0 Å². The van der Waals surface area contributed by atoms with Crippen molar-refractivity contribution < 1.29 is 13.9 Å². The van der Waals surface area contributed by atoms with Gasteiger partial charge in [0.2, 0.25) is 0 Å². The molecule has 0 bridgehead atoms. The van der Waals surface area contributed by atoms with E-state index in [4.69, 9.17) is 10.5 Å². The lowest BCUT2D eigenvalue weighted by atomic mass is 9.99. The minimum Gasteiger partial charge on any atom is -0.481 e. The van der Waals surface area contributed by atoms with Crippen molar-refractivity contribution in [3.05, 3.63) is 28.5 Å². The molecule has 6 heteroatoms. The summed E-state index contributed by atoms with van der Waals surface area (Å²) in [5.74, 6) is -0.532. The zero-order valence-corrected chi connectivity index (χ0v) is 12.9. The van der Waals surface area contributed by atoms with E-state index in [2.05, 4.69) is 15.9 Å². The monoisotopic (exact) mass is 344 g/mol. The molecular formula is C14H18BrFN2O2. The lowest BCUT2D eigenvalue weighted by molar-refractivity contribution is -0.136. The molecule has 0 aliphatic carbocycles. The molecule has 0 radical (unpaired) electrons. The van der Waals surface area contributed by atoms with E-state index in [0.29, 0.717) is 11.0 Å². The molecule has 0 unspecified atom stereocenters. The smallest absolute Gasteiger partial charge is 0.260 e. The Bertz CT molecular complexity index is 498. The zero-order chi connectivity index (χ0) is 14.7. The lowest BCUT2D eigenvalue weighted by Gasteiger charge is -2.36. The molecule has 2 N–H and O–H groups in total. The molecule has 1 aliphatic rings. The predicted octanol–water partition coefficient (Wildman–Crippen LogP) is 2.31. The van der Waals surface area contributed by atoms with E-state index in [1.54, 1.807) is 11.0 Å². The van der Waals surface area contributed by atoms with Crippen LogP contribution in [0.1, 0.15) is 19.8 Å².